The maximum Gasteiger partial charge on any atom is 0.255 e. The van der Waals surface area contributed by atoms with Gasteiger partial charge in [-0.3, -0.25) is 19.2 Å². The molecule has 208 valence electrons. The lowest BCUT2D eigenvalue weighted by Gasteiger charge is -2.08. The molecule has 4 aromatic carbocycles. The number of amides is 1. The van der Waals surface area contributed by atoms with Gasteiger partial charge in [0.15, 0.2) is 17.3 Å². The number of ketones is 3. The zero-order chi connectivity index (χ0) is 28.9. The van der Waals surface area contributed by atoms with Crippen molar-refractivity contribution in [3.05, 3.63) is 131 Å². The van der Waals surface area contributed by atoms with Crippen molar-refractivity contribution in [1.82, 2.24) is 0 Å². The first-order valence-electron chi connectivity index (χ1n) is 11.8. The van der Waals surface area contributed by atoms with Gasteiger partial charge in [-0.25, -0.2) is 8.78 Å². The summed E-state index contributed by atoms with van der Waals surface area (Å²) < 4.78 is 25.0. The van der Waals surface area contributed by atoms with Crippen molar-refractivity contribution in [2.45, 2.75) is 28.2 Å². The number of nitrogens with two attached hydrogens (primary N) is 1. The number of nitrogens with one attached hydrogen (secondary N) is 1. The van der Waals surface area contributed by atoms with Gasteiger partial charge >= 0.3 is 0 Å². The molecule has 0 spiro atoms. The molecule has 6 nitrogen and oxygen atoms in total. The van der Waals surface area contributed by atoms with Gasteiger partial charge in [0, 0.05) is 27.9 Å². The Balaban J connectivity index is 0.000000324. The Bertz CT molecular complexity index is 1450. The molecule has 0 aliphatic heterocycles. The third kappa shape index (κ3) is 10.4. The van der Waals surface area contributed by atoms with Crippen molar-refractivity contribution in [2.24, 2.45) is 0 Å². The third-order valence-corrected chi connectivity index (χ3v) is 5.25. The van der Waals surface area contributed by atoms with Crippen LogP contribution in [0, 0.1) is 11.6 Å². The third-order valence-electron chi connectivity index (χ3n) is 5.25. The smallest absolute Gasteiger partial charge is 0.255 e. The van der Waals surface area contributed by atoms with E-state index in [1.807, 2.05) is 6.07 Å². The number of carbonyl (C=O) groups is 4. The number of benzene rings is 4. The number of nitrogen functional groups attached to an aromatic ring is 1. The normalized spacial score (nSPS) is 9.43. The second-order valence-corrected chi connectivity index (χ2v) is 8.27. The van der Waals surface area contributed by atoms with Crippen LogP contribution in [0.5, 0.6) is 0 Å². The molecule has 0 atom stereocenters. The number of halogens is 2. The maximum absolute atomic E-state index is 12.8. The van der Waals surface area contributed by atoms with E-state index in [2.05, 4.69) is 5.32 Å². The second kappa shape index (κ2) is 16.1. The minimum atomic E-state index is -0.402. The fraction of sp³-hybridized carbons (Fsp3) is 0.125. The van der Waals surface area contributed by atoms with Crippen molar-refractivity contribution in [2.75, 3.05) is 11.1 Å². The van der Waals surface area contributed by atoms with Crippen LogP contribution in [0.2, 0.25) is 0 Å². The molecule has 0 aliphatic carbocycles. The van der Waals surface area contributed by atoms with E-state index in [1.54, 1.807) is 42.5 Å². The Morgan fingerprint density at radius 3 is 1.43 bits per heavy atom. The Hall–Kier alpha value is -4.98. The van der Waals surface area contributed by atoms with E-state index >= 15 is 0 Å². The fourth-order valence-corrected chi connectivity index (χ4v) is 3.20. The summed E-state index contributed by atoms with van der Waals surface area (Å²) in [5, 5.41) is 2.65. The van der Waals surface area contributed by atoms with Crippen molar-refractivity contribution < 1.29 is 28.0 Å². The molecule has 0 fully saturated rings. The monoisotopic (exact) mass is 546 g/mol. The van der Waals surface area contributed by atoms with Crippen LogP contribution >= 0.6 is 0 Å². The quantitative estimate of drug-likeness (QED) is 0.200. The molecule has 4 rings (SSSR count). The summed E-state index contributed by atoms with van der Waals surface area (Å²) in [6.45, 7) is 4.39. The van der Waals surface area contributed by atoms with Crippen molar-refractivity contribution >= 4 is 34.6 Å². The standard InChI is InChI=1S/C15H12FNO2.C8H7FO.C8H9NO.CH4/c1-10(18)13-4-2-3-5-14(13)17-15(19)11-6-8-12(16)9-7-11;1-6(10)7-2-4-8(9)5-3-7;1-6(10)7-4-2-3-5-8(7)9;/h2-9H,1H3,(H,17,19);2-5H,1H3;2-5H,9H2,1H3;1H4. The van der Waals surface area contributed by atoms with Crippen LogP contribution in [0.1, 0.15) is 69.6 Å². The van der Waals surface area contributed by atoms with Crippen molar-refractivity contribution in [3.8, 4) is 0 Å². The predicted molar refractivity (Wildman–Crippen MR) is 155 cm³/mol. The molecule has 0 heterocycles. The van der Waals surface area contributed by atoms with Gasteiger partial charge in [0.1, 0.15) is 11.6 Å². The van der Waals surface area contributed by atoms with E-state index in [9.17, 15) is 28.0 Å². The van der Waals surface area contributed by atoms with Crippen LogP contribution in [-0.4, -0.2) is 23.3 Å². The van der Waals surface area contributed by atoms with Gasteiger partial charge in [-0.2, -0.15) is 0 Å². The fourth-order valence-electron chi connectivity index (χ4n) is 3.20. The highest BCUT2D eigenvalue weighted by molar-refractivity contribution is 6.09. The van der Waals surface area contributed by atoms with E-state index < -0.39 is 5.82 Å². The number of hydrogen-bond acceptors (Lipinski definition) is 5. The summed E-state index contributed by atoms with van der Waals surface area (Å²) in [6.07, 6.45) is 0. The molecule has 0 saturated carbocycles. The number of rotatable bonds is 5. The molecule has 0 saturated heterocycles. The summed E-state index contributed by atoms with van der Waals surface area (Å²) in [5.41, 5.74) is 8.42. The second-order valence-electron chi connectivity index (χ2n) is 8.27. The van der Waals surface area contributed by atoms with Gasteiger partial charge in [0.25, 0.3) is 5.91 Å². The molecule has 4 aromatic rings. The SMILES string of the molecule is C.CC(=O)c1ccc(F)cc1.CC(=O)c1ccccc1N.CC(=O)c1ccccc1NC(=O)c1ccc(F)cc1. The van der Waals surface area contributed by atoms with Crippen molar-refractivity contribution in [1.29, 1.82) is 0 Å². The van der Waals surface area contributed by atoms with E-state index in [0.717, 1.165) is 0 Å². The number of para-hydroxylation sites is 2. The Kier molecular flexibility index (Phi) is 13.3. The first-order chi connectivity index (χ1) is 18.5. The molecule has 0 radical (unpaired) electrons. The van der Waals surface area contributed by atoms with Crippen LogP contribution in [0.15, 0.2) is 97.1 Å². The van der Waals surface area contributed by atoms with Gasteiger partial charge in [0.2, 0.25) is 0 Å². The molecule has 0 unspecified atom stereocenters. The highest BCUT2D eigenvalue weighted by Gasteiger charge is 2.11. The first-order valence-corrected chi connectivity index (χ1v) is 11.8. The van der Waals surface area contributed by atoms with E-state index in [0.29, 0.717) is 33.6 Å². The Morgan fingerprint density at radius 2 is 1.00 bits per heavy atom. The molecule has 1 amide bonds. The maximum atomic E-state index is 12.8. The van der Waals surface area contributed by atoms with Gasteiger partial charge in [-0.05, 0) is 93.6 Å². The Labute approximate surface area is 232 Å². The average Bonchev–Trinajstić information content (AvgIpc) is 2.90. The lowest BCUT2D eigenvalue weighted by molar-refractivity contribution is 0.100. The summed E-state index contributed by atoms with van der Waals surface area (Å²) in [7, 11) is 0. The number of carbonyl (C=O) groups excluding carboxylic acids is 4. The lowest BCUT2D eigenvalue weighted by Crippen LogP contribution is -2.14. The van der Waals surface area contributed by atoms with Gasteiger partial charge < -0.3 is 11.1 Å². The van der Waals surface area contributed by atoms with E-state index in [1.165, 1.54) is 69.3 Å². The molecule has 0 bridgehead atoms. The predicted octanol–water partition coefficient (Wildman–Crippen LogP) is 7.42. The topological polar surface area (TPSA) is 106 Å². The molecule has 40 heavy (non-hydrogen) atoms. The molecule has 3 N–H and O–H groups in total. The van der Waals surface area contributed by atoms with Crippen LogP contribution in [0.3, 0.4) is 0 Å². The lowest BCUT2D eigenvalue weighted by atomic mass is 10.1. The van der Waals surface area contributed by atoms with E-state index in [-0.39, 0.29) is 36.5 Å². The largest absolute Gasteiger partial charge is 0.398 e. The Morgan fingerprint density at radius 1 is 0.575 bits per heavy atom. The van der Waals surface area contributed by atoms with Gasteiger partial charge in [-0.1, -0.05) is 31.7 Å². The number of Topliss-reactive ketones (excluding diaryl/α,β-unsaturated/α-hetero) is 3. The molecular formula is C32H32F2N2O4. The molecule has 8 heteroatoms. The van der Waals surface area contributed by atoms with E-state index in [4.69, 9.17) is 5.73 Å². The zero-order valence-electron chi connectivity index (χ0n) is 21.7. The summed E-state index contributed by atoms with van der Waals surface area (Å²) in [6, 6.07) is 24.5. The zero-order valence-corrected chi connectivity index (χ0v) is 21.7. The average molecular weight is 547 g/mol. The van der Waals surface area contributed by atoms with Crippen LogP contribution in [0.4, 0.5) is 20.2 Å². The summed E-state index contributed by atoms with van der Waals surface area (Å²) in [4.78, 5) is 44.8. The first kappa shape index (κ1) is 33.0. The number of hydrogen-bond donors (Lipinski definition) is 2. The summed E-state index contributed by atoms with van der Waals surface area (Å²) >= 11 is 0. The summed E-state index contributed by atoms with van der Waals surface area (Å²) in [5.74, 6) is -1.26. The number of anilines is 2. The van der Waals surface area contributed by atoms with Crippen LogP contribution in [-0.2, 0) is 0 Å². The minimum absolute atomic E-state index is 0. The highest BCUT2D eigenvalue weighted by atomic mass is 19.1. The minimum Gasteiger partial charge on any atom is -0.398 e. The molecule has 0 aromatic heterocycles. The van der Waals surface area contributed by atoms with Gasteiger partial charge in [0.05, 0.1) is 5.69 Å². The molecule has 0 aliphatic rings. The highest BCUT2D eigenvalue weighted by Crippen LogP contribution is 2.17. The van der Waals surface area contributed by atoms with Gasteiger partial charge in [-0.15, -0.1) is 0 Å². The molecular weight excluding hydrogens is 514 g/mol. The van der Waals surface area contributed by atoms with Crippen molar-refractivity contribution in [3.63, 3.8) is 0 Å². The van der Waals surface area contributed by atoms with Crippen LogP contribution in [0.25, 0.3) is 0 Å². The van der Waals surface area contributed by atoms with Crippen LogP contribution < -0.4 is 11.1 Å².